The fourth-order valence-electron chi connectivity index (χ4n) is 1.47. The molecule has 0 N–H and O–H groups in total. The van der Waals surface area contributed by atoms with E-state index in [0.29, 0.717) is 6.61 Å². The van der Waals surface area contributed by atoms with Crippen LogP contribution in [0.4, 0.5) is 0 Å². The number of rotatable bonds is 4. The molecular weight excluding hydrogens is 198 g/mol. The number of allylic oxidation sites excluding steroid dienone is 3. The molecule has 2 heteroatoms. The summed E-state index contributed by atoms with van der Waals surface area (Å²) in [6, 6.07) is 9.85. The minimum absolute atomic E-state index is 0.668. The van der Waals surface area contributed by atoms with Crippen LogP contribution in [0, 0.1) is 0 Å². The highest BCUT2D eigenvalue weighted by Gasteiger charge is 1.96. The molecule has 82 valence electrons. The molecule has 0 atom stereocenters. The second-order valence-corrected chi connectivity index (χ2v) is 3.55. The van der Waals surface area contributed by atoms with Gasteiger partial charge in [-0.15, -0.1) is 0 Å². The van der Waals surface area contributed by atoms with Crippen LogP contribution in [0.1, 0.15) is 12.8 Å². The maximum Gasteiger partial charge on any atom is 0.119 e. The molecule has 0 aliphatic carbocycles. The molecule has 0 aromatic heterocycles. The topological polar surface area (TPSA) is 21.6 Å². The van der Waals surface area contributed by atoms with Crippen molar-refractivity contribution in [3.63, 3.8) is 0 Å². The predicted octanol–water partition coefficient (Wildman–Crippen LogP) is 3.37. The Hall–Kier alpha value is -1.83. The van der Waals surface area contributed by atoms with E-state index in [4.69, 9.17) is 4.74 Å². The van der Waals surface area contributed by atoms with Crippen LogP contribution < -0.4 is 4.74 Å². The minimum atomic E-state index is 0.668. The Morgan fingerprint density at radius 2 is 2.06 bits per heavy atom. The number of ether oxygens (including phenoxy) is 1. The van der Waals surface area contributed by atoms with Gasteiger partial charge in [0.1, 0.15) is 5.75 Å². The van der Waals surface area contributed by atoms with Crippen LogP contribution in [0.15, 0.2) is 59.2 Å². The Balaban J connectivity index is 1.80. The van der Waals surface area contributed by atoms with E-state index >= 15 is 0 Å². The van der Waals surface area contributed by atoms with Gasteiger partial charge in [-0.1, -0.05) is 30.4 Å². The zero-order valence-electron chi connectivity index (χ0n) is 9.17. The molecule has 1 heterocycles. The van der Waals surface area contributed by atoms with Crippen molar-refractivity contribution in [3.05, 3.63) is 54.3 Å². The number of nitrogens with zero attached hydrogens (tertiary/aromatic N) is 1. The molecule has 1 aliphatic rings. The molecule has 1 aromatic carbocycles. The molecule has 16 heavy (non-hydrogen) atoms. The third kappa shape index (κ3) is 3.39. The predicted molar refractivity (Wildman–Crippen MR) is 66.9 cm³/mol. The quantitative estimate of drug-likeness (QED) is 0.751. The number of benzene rings is 1. The molecule has 2 nitrogen and oxygen atoms in total. The largest absolute Gasteiger partial charge is 0.493 e. The van der Waals surface area contributed by atoms with Crippen LogP contribution in [-0.4, -0.2) is 12.8 Å². The lowest BCUT2D eigenvalue weighted by molar-refractivity contribution is 0.321. The van der Waals surface area contributed by atoms with Gasteiger partial charge in [0.25, 0.3) is 0 Å². The van der Waals surface area contributed by atoms with Crippen molar-refractivity contribution in [1.82, 2.24) is 0 Å². The highest BCUT2D eigenvalue weighted by Crippen LogP contribution is 2.11. The van der Waals surface area contributed by atoms with Crippen LogP contribution in [0.25, 0.3) is 0 Å². The molecule has 0 radical (unpaired) electrons. The van der Waals surface area contributed by atoms with Gasteiger partial charge in [0, 0.05) is 24.8 Å². The van der Waals surface area contributed by atoms with Crippen molar-refractivity contribution in [2.24, 2.45) is 4.99 Å². The smallest absolute Gasteiger partial charge is 0.119 e. The Labute approximate surface area is 96.0 Å². The van der Waals surface area contributed by atoms with Crippen LogP contribution in [-0.2, 0) is 0 Å². The van der Waals surface area contributed by atoms with E-state index in [0.717, 1.165) is 24.3 Å². The highest BCUT2D eigenvalue weighted by atomic mass is 16.5. The Morgan fingerprint density at radius 3 is 2.94 bits per heavy atom. The average molecular weight is 213 g/mol. The third-order valence-corrected chi connectivity index (χ3v) is 2.29. The maximum atomic E-state index is 5.61. The Bertz CT molecular complexity index is 404. The Kier molecular flexibility index (Phi) is 3.94. The van der Waals surface area contributed by atoms with E-state index in [1.54, 1.807) is 0 Å². The van der Waals surface area contributed by atoms with E-state index in [1.807, 2.05) is 48.7 Å². The van der Waals surface area contributed by atoms with Crippen molar-refractivity contribution < 1.29 is 4.74 Å². The van der Waals surface area contributed by atoms with Crippen LogP contribution >= 0.6 is 0 Å². The summed E-state index contributed by atoms with van der Waals surface area (Å²) < 4.78 is 5.61. The lowest BCUT2D eigenvalue weighted by atomic mass is 10.3. The molecule has 0 saturated heterocycles. The monoisotopic (exact) mass is 213 g/mol. The standard InChI is InChI=1S/C14H15NO/c1-4-8-14(9-5-1)16-12-10-13-7-3-2-6-11-15-13/h1-5,7-9,11H,6,10,12H2. The van der Waals surface area contributed by atoms with E-state index in [1.165, 1.54) is 0 Å². The summed E-state index contributed by atoms with van der Waals surface area (Å²) >= 11 is 0. The Morgan fingerprint density at radius 1 is 1.19 bits per heavy atom. The number of hydrogen-bond acceptors (Lipinski definition) is 2. The second-order valence-electron chi connectivity index (χ2n) is 3.55. The zero-order valence-corrected chi connectivity index (χ0v) is 9.17. The van der Waals surface area contributed by atoms with Gasteiger partial charge in [0.15, 0.2) is 0 Å². The van der Waals surface area contributed by atoms with Crippen molar-refractivity contribution in [3.8, 4) is 5.75 Å². The summed E-state index contributed by atoms with van der Waals surface area (Å²) in [5.41, 5.74) is 1.07. The molecule has 1 aromatic rings. The molecule has 0 unspecified atom stereocenters. The minimum Gasteiger partial charge on any atom is -0.493 e. The first kappa shape index (κ1) is 10.7. The van der Waals surface area contributed by atoms with Crippen molar-refractivity contribution in [2.45, 2.75) is 12.8 Å². The number of para-hydroxylation sites is 1. The lowest BCUT2D eigenvalue weighted by Crippen LogP contribution is -1.98. The summed E-state index contributed by atoms with van der Waals surface area (Å²) in [5, 5.41) is 0. The number of aliphatic imine (C=N–C) groups is 1. The summed E-state index contributed by atoms with van der Waals surface area (Å²) in [4.78, 5) is 4.35. The summed E-state index contributed by atoms with van der Waals surface area (Å²) in [5.74, 6) is 0.913. The van der Waals surface area contributed by atoms with Gasteiger partial charge < -0.3 is 4.74 Å². The molecule has 2 rings (SSSR count). The normalized spacial score (nSPS) is 14.4. The highest BCUT2D eigenvalue weighted by molar-refractivity contribution is 5.62. The van der Waals surface area contributed by atoms with Crippen LogP contribution in [0.5, 0.6) is 5.75 Å². The van der Waals surface area contributed by atoms with Gasteiger partial charge in [-0.3, -0.25) is 4.99 Å². The summed E-state index contributed by atoms with van der Waals surface area (Å²) in [6.07, 6.45) is 9.87. The van der Waals surface area contributed by atoms with Gasteiger partial charge in [-0.25, -0.2) is 0 Å². The van der Waals surface area contributed by atoms with E-state index < -0.39 is 0 Å². The van der Waals surface area contributed by atoms with Crippen molar-refractivity contribution in [2.75, 3.05) is 6.61 Å². The van der Waals surface area contributed by atoms with Crippen LogP contribution in [0.3, 0.4) is 0 Å². The fraction of sp³-hybridized carbons (Fsp3) is 0.214. The van der Waals surface area contributed by atoms with Gasteiger partial charge in [-0.2, -0.15) is 0 Å². The van der Waals surface area contributed by atoms with E-state index in [-0.39, 0.29) is 0 Å². The molecule has 0 fully saturated rings. The first-order valence-corrected chi connectivity index (χ1v) is 5.51. The van der Waals surface area contributed by atoms with Gasteiger partial charge in [0.05, 0.1) is 6.61 Å². The lowest BCUT2D eigenvalue weighted by Gasteiger charge is -2.05. The van der Waals surface area contributed by atoms with E-state index in [9.17, 15) is 0 Å². The summed E-state index contributed by atoms with van der Waals surface area (Å²) in [6.45, 7) is 0.668. The van der Waals surface area contributed by atoms with Crippen molar-refractivity contribution in [1.29, 1.82) is 0 Å². The molecule has 0 spiro atoms. The fourth-order valence-corrected chi connectivity index (χ4v) is 1.47. The van der Waals surface area contributed by atoms with Gasteiger partial charge in [-0.05, 0) is 18.2 Å². The molecule has 0 bridgehead atoms. The average Bonchev–Trinajstić information content (AvgIpc) is 2.59. The second kappa shape index (κ2) is 5.91. The molecule has 1 aliphatic heterocycles. The van der Waals surface area contributed by atoms with E-state index in [2.05, 4.69) is 11.1 Å². The third-order valence-electron chi connectivity index (χ3n) is 2.29. The van der Waals surface area contributed by atoms with Gasteiger partial charge in [0.2, 0.25) is 0 Å². The zero-order chi connectivity index (χ0) is 11.1. The summed E-state index contributed by atoms with van der Waals surface area (Å²) in [7, 11) is 0. The molecule has 0 saturated carbocycles. The molecular formula is C14H15NO. The molecule has 0 amide bonds. The van der Waals surface area contributed by atoms with Crippen LogP contribution in [0.2, 0.25) is 0 Å². The maximum absolute atomic E-state index is 5.61. The number of hydrogen-bond donors (Lipinski definition) is 0. The van der Waals surface area contributed by atoms with Gasteiger partial charge >= 0.3 is 0 Å². The first-order valence-electron chi connectivity index (χ1n) is 5.51. The first-order chi connectivity index (χ1) is 7.95. The SMILES string of the molecule is C1=CCC=NC(CCOc2ccccc2)=C1. The van der Waals surface area contributed by atoms with Crippen molar-refractivity contribution >= 4 is 6.21 Å².